The van der Waals surface area contributed by atoms with E-state index >= 15 is 0 Å². The fourth-order valence-corrected chi connectivity index (χ4v) is 2.20. The second-order valence-corrected chi connectivity index (χ2v) is 4.71. The maximum Gasteiger partial charge on any atom is 0.314 e. The minimum absolute atomic E-state index is 0.104. The van der Waals surface area contributed by atoms with E-state index in [1.807, 2.05) is 0 Å². The van der Waals surface area contributed by atoms with Crippen molar-refractivity contribution in [2.24, 2.45) is 0 Å². The second kappa shape index (κ2) is 7.04. The molecule has 2 N–H and O–H groups in total. The van der Waals surface area contributed by atoms with Crippen LogP contribution in [0.5, 0.6) is 0 Å². The Labute approximate surface area is 117 Å². The summed E-state index contributed by atoms with van der Waals surface area (Å²) in [4.78, 5) is 23.2. The van der Waals surface area contributed by atoms with Crippen LogP contribution in [-0.2, 0) is 24.1 Å². The van der Waals surface area contributed by atoms with Crippen LogP contribution in [0, 0.1) is 0 Å². The van der Waals surface area contributed by atoms with Gasteiger partial charge in [-0.3, -0.25) is 4.79 Å². The van der Waals surface area contributed by atoms with Gasteiger partial charge in [0.1, 0.15) is 0 Å². The molecular weight excluding hydrogens is 260 g/mol. The molecule has 1 aliphatic rings. The summed E-state index contributed by atoms with van der Waals surface area (Å²) in [5.74, 6) is 0. The molecule has 7 heteroatoms. The summed E-state index contributed by atoms with van der Waals surface area (Å²) in [6.45, 7) is 1.67. The molecule has 2 rings (SSSR count). The molecule has 1 aliphatic carbocycles. The monoisotopic (exact) mass is 280 g/mol. The van der Waals surface area contributed by atoms with Gasteiger partial charge in [0.05, 0.1) is 18.8 Å². The van der Waals surface area contributed by atoms with Gasteiger partial charge in [-0.25, -0.2) is 9.48 Å². The van der Waals surface area contributed by atoms with E-state index in [1.54, 1.807) is 13.2 Å². The molecule has 1 heterocycles. The van der Waals surface area contributed by atoms with E-state index in [4.69, 9.17) is 4.74 Å². The molecule has 0 fully saturated rings. The quantitative estimate of drug-likeness (QED) is 0.699. The maximum absolute atomic E-state index is 11.8. The summed E-state index contributed by atoms with van der Waals surface area (Å²) in [6, 6.07) is 1.39. The molecule has 0 saturated carbocycles. The van der Waals surface area contributed by atoms with Gasteiger partial charge in [0.25, 0.3) is 5.56 Å². The average molecular weight is 280 g/mol. The van der Waals surface area contributed by atoms with E-state index in [-0.39, 0.29) is 11.6 Å². The number of amides is 2. The number of fused-ring (bicyclic) bond motifs is 1. The fourth-order valence-electron chi connectivity index (χ4n) is 2.20. The number of carbonyl (C=O) groups is 1. The molecule has 0 aromatic carbocycles. The minimum Gasteiger partial charge on any atom is -0.383 e. The Morgan fingerprint density at radius 2 is 2.20 bits per heavy atom. The van der Waals surface area contributed by atoms with Crippen LogP contribution in [-0.4, -0.2) is 42.6 Å². The van der Waals surface area contributed by atoms with E-state index in [2.05, 4.69) is 15.7 Å². The number of aromatic nitrogens is 2. The summed E-state index contributed by atoms with van der Waals surface area (Å²) in [5, 5.41) is 9.66. The number of carbonyl (C=O) groups excluding carboxylic acids is 1. The normalized spacial score (nSPS) is 13.1. The molecule has 0 spiro atoms. The molecule has 20 heavy (non-hydrogen) atoms. The molecule has 0 saturated heterocycles. The minimum atomic E-state index is -0.267. The third-order valence-electron chi connectivity index (χ3n) is 3.22. The Balaban J connectivity index is 1.80. The van der Waals surface area contributed by atoms with E-state index in [1.165, 1.54) is 4.68 Å². The van der Waals surface area contributed by atoms with Crippen LogP contribution in [0.4, 0.5) is 4.79 Å². The third kappa shape index (κ3) is 3.80. The summed E-state index contributed by atoms with van der Waals surface area (Å²) in [5.41, 5.74) is 1.97. The Kier molecular flexibility index (Phi) is 5.11. The third-order valence-corrected chi connectivity index (χ3v) is 3.22. The van der Waals surface area contributed by atoms with Crippen molar-refractivity contribution in [2.45, 2.75) is 25.8 Å². The lowest BCUT2D eigenvalue weighted by molar-refractivity contribution is 0.195. The van der Waals surface area contributed by atoms with Gasteiger partial charge in [-0.2, -0.15) is 5.10 Å². The average Bonchev–Trinajstić information content (AvgIpc) is 2.86. The Bertz CT molecular complexity index is 527. The number of ether oxygens (including phenoxy) is 1. The van der Waals surface area contributed by atoms with Crippen LogP contribution in [0.3, 0.4) is 0 Å². The topological polar surface area (TPSA) is 85.2 Å². The van der Waals surface area contributed by atoms with Gasteiger partial charge >= 0.3 is 6.03 Å². The smallest absolute Gasteiger partial charge is 0.314 e. The molecule has 0 unspecified atom stereocenters. The largest absolute Gasteiger partial charge is 0.383 e. The van der Waals surface area contributed by atoms with E-state index in [0.717, 1.165) is 30.5 Å². The van der Waals surface area contributed by atoms with Crippen LogP contribution in [0.15, 0.2) is 10.9 Å². The first-order valence-corrected chi connectivity index (χ1v) is 6.81. The Morgan fingerprint density at radius 3 is 3.00 bits per heavy atom. The standard InChI is InChI=1S/C13H20N4O3/c1-20-8-6-15-13(19)14-5-7-17-12(18)9-10-3-2-4-11(10)16-17/h9H,2-8H2,1H3,(H2,14,15,19). The SMILES string of the molecule is COCCNC(=O)NCCn1nc2c(cc1=O)CCC2. The fraction of sp³-hybridized carbons (Fsp3) is 0.615. The predicted octanol–water partition coefficient (Wildman–Crippen LogP) is -0.322. The number of rotatable bonds is 6. The van der Waals surface area contributed by atoms with E-state index in [0.29, 0.717) is 26.2 Å². The van der Waals surface area contributed by atoms with E-state index in [9.17, 15) is 9.59 Å². The number of aryl methyl sites for hydroxylation is 2. The van der Waals surface area contributed by atoms with Gasteiger partial charge in [-0.05, 0) is 24.8 Å². The van der Waals surface area contributed by atoms with Gasteiger partial charge in [0.15, 0.2) is 0 Å². The Morgan fingerprint density at radius 1 is 1.40 bits per heavy atom. The number of nitrogens with one attached hydrogen (secondary N) is 2. The van der Waals surface area contributed by atoms with Crippen molar-refractivity contribution < 1.29 is 9.53 Å². The molecule has 110 valence electrons. The summed E-state index contributed by atoms with van der Waals surface area (Å²) >= 11 is 0. The van der Waals surface area contributed by atoms with Crippen LogP contribution in [0.1, 0.15) is 17.7 Å². The lowest BCUT2D eigenvalue weighted by atomic mass is 10.2. The maximum atomic E-state index is 11.8. The lowest BCUT2D eigenvalue weighted by Gasteiger charge is -2.09. The van der Waals surface area contributed by atoms with Crippen molar-refractivity contribution in [1.82, 2.24) is 20.4 Å². The first kappa shape index (κ1) is 14.5. The highest BCUT2D eigenvalue weighted by Crippen LogP contribution is 2.16. The van der Waals surface area contributed by atoms with Crippen molar-refractivity contribution >= 4 is 6.03 Å². The van der Waals surface area contributed by atoms with Crippen molar-refractivity contribution in [3.05, 3.63) is 27.7 Å². The summed E-state index contributed by atoms with van der Waals surface area (Å²) < 4.78 is 6.24. The number of hydrogen-bond donors (Lipinski definition) is 2. The zero-order valence-corrected chi connectivity index (χ0v) is 11.6. The van der Waals surface area contributed by atoms with Crippen LogP contribution in [0.25, 0.3) is 0 Å². The van der Waals surface area contributed by atoms with Crippen LogP contribution >= 0.6 is 0 Å². The predicted molar refractivity (Wildman–Crippen MR) is 73.8 cm³/mol. The number of urea groups is 1. The summed E-state index contributed by atoms with van der Waals surface area (Å²) in [6.07, 6.45) is 2.94. The molecule has 0 radical (unpaired) electrons. The first-order chi connectivity index (χ1) is 9.70. The van der Waals surface area contributed by atoms with Crippen molar-refractivity contribution in [1.29, 1.82) is 0 Å². The Hall–Kier alpha value is -1.89. The highest BCUT2D eigenvalue weighted by atomic mass is 16.5. The number of nitrogens with zero attached hydrogens (tertiary/aromatic N) is 2. The highest BCUT2D eigenvalue weighted by molar-refractivity contribution is 5.73. The molecule has 1 aromatic rings. The molecular formula is C13H20N4O3. The van der Waals surface area contributed by atoms with Crippen molar-refractivity contribution in [3.63, 3.8) is 0 Å². The van der Waals surface area contributed by atoms with E-state index < -0.39 is 0 Å². The molecule has 7 nitrogen and oxygen atoms in total. The van der Waals surface area contributed by atoms with Gasteiger partial charge in [-0.1, -0.05) is 0 Å². The highest BCUT2D eigenvalue weighted by Gasteiger charge is 2.14. The van der Waals surface area contributed by atoms with Crippen LogP contribution in [0.2, 0.25) is 0 Å². The van der Waals surface area contributed by atoms with Gasteiger partial charge in [0.2, 0.25) is 0 Å². The molecule has 1 aromatic heterocycles. The first-order valence-electron chi connectivity index (χ1n) is 6.81. The number of methoxy groups -OCH3 is 1. The zero-order valence-electron chi connectivity index (χ0n) is 11.6. The van der Waals surface area contributed by atoms with Crippen molar-refractivity contribution in [3.8, 4) is 0 Å². The lowest BCUT2D eigenvalue weighted by Crippen LogP contribution is -2.40. The van der Waals surface area contributed by atoms with Gasteiger partial charge in [-0.15, -0.1) is 0 Å². The molecule has 0 bridgehead atoms. The van der Waals surface area contributed by atoms with Crippen LogP contribution < -0.4 is 16.2 Å². The second-order valence-electron chi connectivity index (χ2n) is 4.71. The van der Waals surface area contributed by atoms with Crippen molar-refractivity contribution in [2.75, 3.05) is 26.8 Å². The molecule has 2 amide bonds. The number of hydrogen-bond acceptors (Lipinski definition) is 4. The van der Waals surface area contributed by atoms with Gasteiger partial charge < -0.3 is 15.4 Å². The summed E-state index contributed by atoms with van der Waals surface area (Å²) in [7, 11) is 1.57. The molecule has 0 aliphatic heterocycles. The van der Waals surface area contributed by atoms with Gasteiger partial charge in [0, 0.05) is 26.3 Å². The zero-order chi connectivity index (χ0) is 14.4. The molecule has 0 atom stereocenters.